The minimum atomic E-state index is 0.0389. The van der Waals surface area contributed by atoms with E-state index in [-0.39, 0.29) is 17.6 Å². The normalized spacial score (nSPS) is 15.0. The second kappa shape index (κ2) is 9.23. The average molecular weight is 382 g/mol. The van der Waals surface area contributed by atoms with Gasteiger partial charge in [0.15, 0.2) is 5.78 Å². The first-order valence-corrected chi connectivity index (χ1v) is 10.7. The molecule has 0 saturated carbocycles. The maximum Gasteiger partial charge on any atom is 0.232 e. The van der Waals surface area contributed by atoms with Crippen LogP contribution in [-0.2, 0) is 10.5 Å². The minimum absolute atomic E-state index is 0.0389. The lowest BCUT2D eigenvalue weighted by atomic mass is 9.88. The molecule has 27 heavy (non-hydrogen) atoms. The van der Waals surface area contributed by atoms with Crippen molar-refractivity contribution >= 4 is 23.5 Å². The molecular formula is C23H27NO2S. The van der Waals surface area contributed by atoms with Crippen molar-refractivity contribution in [1.82, 2.24) is 4.90 Å². The number of nitrogens with zero attached hydrogens (tertiary/aromatic N) is 1. The third-order valence-corrected chi connectivity index (χ3v) is 6.16. The van der Waals surface area contributed by atoms with Gasteiger partial charge in [-0.2, -0.15) is 0 Å². The van der Waals surface area contributed by atoms with Crippen LogP contribution in [-0.4, -0.2) is 35.4 Å². The van der Waals surface area contributed by atoms with E-state index in [1.54, 1.807) is 11.8 Å². The molecule has 1 amide bonds. The van der Waals surface area contributed by atoms with Crippen LogP contribution in [0.1, 0.15) is 39.9 Å². The van der Waals surface area contributed by atoms with Gasteiger partial charge in [-0.3, -0.25) is 9.59 Å². The molecule has 0 unspecified atom stereocenters. The molecule has 0 bridgehead atoms. The van der Waals surface area contributed by atoms with E-state index in [1.165, 1.54) is 11.1 Å². The molecule has 1 saturated heterocycles. The first-order chi connectivity index (χ1) is 13.0. The number of aryl methyl sites for hydroxylation is 2. The second-order valence-corrected chi connectivity index (χ2v) is 8.35. The second-order valence-electron chi connectivity index (χ2n) is 7.36. The van der Waals surface area contributed by atoms with Crippen LogP contribution in [0, 0.1) is 19.8 Å². The van der Waals surface area contributed by atoms with Crippen molar-refractivity contribution in [2.45, 2.75) is 32.4 Å². The van der Waals surface area contributed by atoms with Crippen molar-refractivity contribution in [3.63, 3.8) is 0 Å². The Morgan fingerprint density at radius 2 is 1.48 bits per heavy atom. The topological polar surface area (TPSA) is 37.4 Å². The summed E-state index contributed by atoms with van der Waals surface area (Å²) < 4.78 is 0. The molecule has 4 heteroatoms. The number of carbonyl (C=O) groups excluding carboxylic acids is 2. The predicted octanol–water partition coefficient (Wildman–Crippen LogP) is 4.66. The maximum atomic E-state index is 12.6. The molecule has 0 spiro atoms. The summed E-state index contributed by atoms with van der Waals surface area (Å²) in [7, 11) is 0. The monoisotopic (exact) mass is 381 g/mol. The number of hydrogen-bond donors (Lipinski definition) is 0. The molecule has 2 aromatic rings. The molecule has 1 fully saturated rings. The molecule has 142 valence electrons. The Morgan fingerprint density at radius 1 is 0.926 bits per heavy atom. The Balaban J connectivity index is 1.42. The summed E-state index contributed by atoms with van der Waals surface area (Å²) in [4.78, 5) is 27.0. The fraction of sp³-hybridized carbons (Fsp3) is 0.391. The van der Waals surface area contributed by atoms with Crippen LogP contribution in [0.4, 0.5) is 0 Å². The Hall–Kier alpha value is -2.07. The van der Waals surface area contributed by atoms with Gasteiger partial charge in [-0.1, -0.05) is 59.7 Å². The Bertz CT molecular complexity index is 775. The Morgan fingerprint density at radius 3 is 2.07 bits per heavy atom. The highest BCUT2D eigenvalue weighted by molar-refractivity contribution is 7.99. The summed E-state index contributed by atoms with van der Waals surface area (Å²) in [6.07, 6.45) is 1.53. The van der Waals surface area contributed by atoms with Crippen LogP contribution in [0.3, 0.4) is 0 Å². The van der Waals surface area contributed by atoms with Gasteiger partial charge in [0.25, 0.3) is 0 Å². The van der Waals surface area contributed by atoms with Gasteiger partial charge in [0.1, 0.15) is 0 Å². The average Bonchev–Trinajstić information content (AvgIpc) is 2.69. The predicted molar refractivity (Wildman–Crippen MR) is 112 cm³/mol. The van der Waals surface area contributed by atoms with Crippen molar-refractivity contribution in [1.29, 1.82) is 0 Å². The van der Waals surface area contributed by atoms with Gasteiger partial charge in [-0.25, -0.2) is 0 Å². The van der Waals surface area contributed by atoms with Crippen LogP contribution in [0.5, 0.6) is 0 Å². The molecule has 3 rings (SSSR count). The standard InChI is InChI=1S/C23H27NO2S/c1-17-3-7-19(8-4-17)15-27-16-22(25)24-13-11-21(12-14-24)23(26)20-9-5-18(2)6-10-20/h3-10,21H,11-16H2,1-2H3. The lowest BCUT2D eigenvalue weighted by Gasteiger charge is -2.31. The fourth-order valence-electron chi connectivity index (χ4n) is 3.38. The fourth-order valence-corrected chi connectivity index (χ4v) is 4.26. The Labute approximate surface area is 166 Å². The third-order valence-electron chi connectivity index (χ3n) is 5.17. The number of likely N-dealkylation sites (tertiary alicyclic amines) is 1. The van der Waals surface area contributed by atoms with Crippen LogP contribution in [0.25, 0.3) is 0 Å². The molecule has 1 aliphatic heterocycles. The number of Topliss-reactive ketones (excluding diaryl/α,β-unsaturated/α-hetero) is 1. The number of piperidine rings is 1. The van der Waals surface area contributed by atoms with Crippen molar-refractivity contribution in [2.24, 2.45) is 5.92 Å². The van der Waals surface area contributed by atoms with Gasteiger partial charge in [0.2, 0.25) is 5.91 Å². The summed E-state index contributed by atoms with van der Waals surface area (Å²) >= 11 is 1.66. The molecule has 3 nitrogen and oxygen atoms in total. The van der Waals surface area contributed by atoms with E-state index >= 15 is 0 Å². The molecule has 1 heterocycles. The van der Waals surface area contributed by atoms with Crippen LogP contribution < -0.4 is 0 Å². The number of hydrogen-bond acceptors (Lipinski definition) is 3. The minimum Gasteiger partial charge on any atom is -0.342 e. The number of carbonyl (C=O) groups is 2. The summed E-state index contributed by atoms with van der Waals surface area (Å²) in [6, 6.07) is 16.2. The lowest BCUT2D eigenvalue weighted by Crippen LogP contribution is -2.41. The largest absolute Gasteiger partial charge is 0.342 e. The van der Waals surface area contributed by atoms with Crippen molar-refractivity contribution in [3.05, 3.63) is 70.8 Å². The van der Waals surface area contributed by atoms with E-state index in [0.29, 0.717) is 18.8 Å². The lowest BCUT2D eigenvalue weighted by molar-refractivity contribution is -0.129. The summed E-state index contributed by atoms with van der Waals surface area (Å²) in [6.45, 7) is 5.47. The van der Waals surface area contributed by atoms with E-state index in [0.717, 1.165) is 29.7 Å². The van der Waals surface area contributed by atoms with Crippen molar-refractivity contribution in [2.75, 3.05) is 18.8 Å². The molecule has 1 aliphatic rings. The number of benzene rings is 2. The molecular weight excluding hydrogens is 354 g/mol. The van der Waals surface area contributed by atoms with Crippen LogP contribution >= 0.6 is 11.8 Å². The molecule has 2 aromatic carbocycles. The number of rotatable bonds is 6. The first-order valence-electron chi connectivity index (χ1n) is 9.55. The van der Waals surface area contributed by atoms with E-state index in [2.05, 4.69) is 31.2 Å². The molecule has 0 aliphatic carbocycles. The highest BCUT2D eigenvalue weighted by atomic mass is 32.2. The van der Waals surface area contributed by atoms with Gasteiger partial charge in [-0.05, 0) is 32.3 Å². The summed E-state index contributed by atoms with van der Waals surface area (Å²) in [5.74, 6) is 1.81. The van der Waals surface area contributed by atoms with Gasteiger partial charge in [-0.15, -0.1) is 11.8 Å². The first kappa shape index (κ1) is 19.7. The highest BCUT2D eigenvalue weighted by Crippen LogP contribution is 2.23. The van der Waals surface area contributed by atoms with Gasteiger partial charge in [0.05, 0.1) is 5.75 Å². The van der Waals surface area contributed by atoms with E-state index in [1.807, 2.05) is 36.1 Å². The number of ketones is 1. The SMILES string of the molecule is Cc1ccc(CSCC(=O)N2CCC(C(=O)c3ccc(C)cc3)CC2)cc1. The zero-order valence-electron chi connectivity index (χ0n) is 16.1. The molecule has 0 radical (unpaired) electrons. The van der Waals surface area contributed by atoms with Crippen LogP contribution in [0.2, 0.25) is 0 Å². The smallest absolute Gasteiger partial charge is 0.232 e. The summed E-state index contributed by atoms with van der Waals surface area (Å²) in [5.41, 5.74) is 4.46. The number of thioether (sulfide) groups is 1. The molecule has 0 N–H and O–H groups in total. The van der Waals surface area contributed by atoms with Crippen molar-refractivity contribution < 1.29 is 9.59 Å². The zero-order valence-corrected chi connectivity index (χ0v) is 16.9. The Kier molecular flexibility index (Phi) is 6.73. The van der Waals surface area contributed by atoms with E-state index in [9.17, 15) is 9.59 Å². The van der Waals surface area contributed by atoms with Gasteiger partial charge >= 0.3 is 0 Å². The quantitative estimate of drug-likeness (QED) is 0.683. The van der Waals surface area contributed by atoms with Crippen molar-refractivity contribution in [3.8, 4) is 0 Å². The molecule has 0 atom stereocenters. The van der Waals surface area contributed by atoms with Gasteiger partial charge in [0, 0.05) is 30.3 Å². The number of amides is 1. The van der Waals surface area contributed by atoms with Gasteiger partial charge < -0.3 is 4.90 Å². The maximum absolute atomic E-state index is 12.6. The zero-order chi connectivity index (χ0) is 19.2. The third kappa shape index (κ3) is 5.46. The van der Waals surface area contributed by atoms with Crippen LogP contribution in [0.15, 0.2) is 48.5 Å². The molecule has 0 aromatic heterocycles. The summed E-state index contributed by atoms with van der Waals surface area (Å²) in [5, 5.41) is 0. The highest BCUT2D eigenvalue weighted by Gasteiger charge is 2.27. The van der Waals surface area contributed by atoms with E-state index in [4.69, 9.17) is 0 Å². The van der Waals surface area contributed by atoms with E-state index < -0.39 is 0 Å².